The molecule has 27 heavy (non-hydrogen) atoms. The van der Waals surface area contributed by atoms with Gasteiger partial charge in [0.15, 0.2) is 0 Å². The summed E-state index contributed by atoms with van der Waals surface area (Å²) in [6.07, 6.45) is 1.43. The lowest BCUT2D eigenvalue weighted by Gasteiger charge is -2.15. The van der Waals surface area contributed by atoms with Gasteiger partial charge < -0.3 is 4.42 Å². The summed E-state index contributed by atoms with van der Waals surface area (Å²) in [7, 11) is 0. The average Bonchev–Trinajstić information content (AvgIpc) is 3.07. The van der Waals surface area contributed by atoms with Crippen molar-refractivity contribution in [3.63, 3.8) is 0 Å². The summed E-state index contributed by atoms with van der Waals surface area (Å²) < 4.78 is 6.18. The molecule has 9 heteroatoms. The number of nitro groups is 1. The molecule has 0 unspecified atom stereocenters. The fraction of sp³-hybridized carbons (Fsp3) is 0.0556. The number of furan rings is 1. The molecule has 1 N–H and O–H groups in total. The lowest BCUT2D eigenvalue weighted by molar-refractivity contribution is -0.384. The lowest BCUT2D eigenvalue weighted by atomic mass is 9.96. The Hall–Kier alpha value is -3.51. The van der Waals surface area contributed by atoms with Crippen LogP contribution in [0.5, 0.6) is 0 Å². The van der Waals surface area contributed by atoms with Gasteiger partial charge in [0.1, 0.15) is 23.2 Å². The third-order valence-corrected chi connectivity index (χ3v) is 4.59. The van der Waals surface area contributed by atoms with Crippen LogP contribution in [0.1, 0.15) is 12.7 Å². The van der Waals surface area contributed by atoms with Gasteiger partial charge in [0.2, 0.25) is 0 Å². The molecular weight excluding hydrogens is 418 g/mol. The molecule has 0 saturated carbocycles. The number of carbonyl (C=O) groups excluding carboxylic acids is 2. The number of hydrogen-bond acceptors (Lipinski definition) is 6. The normalized spacial score (nSPS) is 15.7. The zero-order valence-corrected chi connectivity index (χ0v) is 15.4. The number of benzene rings is 1. The molecule has 134 valence electrons. The van der Waals surface area contributed by atoms with Crippen LogP contribution in [-0.4, -0.2) is 16.7 Å². The Labute approximate surface area is 161 Å². The maximum Gasteiger partial charge on any atom is 0.270 e. The molecule has 0 saturated heterocycles. The second kappa shape index (κ2) is 7.01. The van der Waals surface area contributed by atoms with Gasteiger partial charge in [-0.2, -0.15) is 5.26 Å². The highest BCUT2D eigenvalue weighted by molar-refractivity contribution is 9.10. The Morgan fingerprint density at radius 2 is 2.00 bits per heavy atom. The van der Waals surface area contributed by atoms with Gasteiger partial charge in [-0.15, -0.1) is 0 Å². The van der Waals surface area contributed by atoms with Crippen LogP contribution in [-0.2, 0) is 9.59 Å². The molecule has 0 fully saturated rings. The number of carbonyl (C=O) groups is 2. The van der Waals surface area contributed by atoms with Gasteiger partial charge in [-0.1, -0.05) is 0 Å². The molecule has 2 heterocycles. The summed E-state index contributed by atoms with van der Waals surface area (Å²) in [5, 5.41) is 22.0. The van der Waals surface area contributed by atoms with Gasteiger partial charge >= 0.3 is 0 Å². The molecule has 0 aliphatic carbocycles. The predicted octanol–water partition coefficient (Wildman–Crippen LogP) is 3.50. The molecule has 1 aliphatic heterocycles. The first-order chi connectivity index (χ1) is 12.8. The molecule has 0 atom stereocenters. The van der Waals surface area contributed by atoms with E-state index in [2.05, 4.69) is 21.2 Å². The summed E-state index contributed by atoms with van der Waals surface area (Å²) in [4.78, 5) is 34.0. The van der Waals surface area contributed by atoms with Crippen molar-refractivity contribution < 1.29 is 18.9 Å². The predicted molar refractivity (Wildman–Crippen MR) is 97.9 cm³/mol. The first-order valence-corrected chi connectivity index (χ1v) is 8.34. The average molecular weight is 428 g/mol. The van der Waals surface area contributed by atoms with Gasteiger partial charge in [-0.05, 0) is 52.7 Å². The van der Waals surface area contributed by atoms with Gasteiger partial charge in [0, 0.05) is 27.7 Å². The summed E-state index contributed by atoms with van der Waals surface area (Å²) in [6, 6.07) is 9.30. The highest BCUT2D eigenvalue weighted by Crippen LogP contribution is 2.33. The van der Waals surface area contributed by atoms with Crippen molar-refractivity contribution in [3.05, 3.63) is 67.4 Å². The van der Waals surface area contributed by atoms with E-state index in [0.29, 0.717) is 21.6 Å². The topological polar surface area (TPSA) is 126 Å². The summed E-state index contributed by atoms with van der Waals surface area (Å²) in [5.74, 6) is -0.595. The standard InChI is InChI=1S/C18H10BrN3O5/c1-9-13(17(23)21-18(24)14(9)8-20)7-11-3-5-16(27-11)12-4-2-10(22(25)26)6-15(12)19/h2-7H,1H3,(H,21,23,24)/b13-7-. The van der Waals surface area contributed by atoms with E-state index in [-0.39, 0.29) is 22.4 Å². The van der Waals surface area contributed by atoms with E-state index in [0.717, 1.165) is 0 Å². The van der Waals surface area contributed by atoms with E-state index in [1.165, 1.54) is 25.1 Å². The molecule has 0 radical (unpaired) electrons. The smallest absolute Gasteiger partial charge is 0.270 e. The van der Waals surface area contributed by atoms with Crippen LogP contribution in [0.4, 0.5) is 5.69 Å². The highest BCUT2D eigenvalue weighted by atomic mass is 79.9. The quantitative estimate of drug-likeness (QED) is 0.345. The summed E-state index contributed by atoms with van der Waals surface area (Å²) >= 11 is 3.28. The van der Waals surface area contributed by atoms with Crippen LogP contribution in [0.25, 0.3) is 17.4 Å². The monoisotopic (exact) mass is 427 g/mol. The number of nitriles is 1. The van der Waals surface area contributed by atoms with E-state index in [1.54, 1.807) is 24.3 Å². The van der Waals surface area contributed by atoms with Crippen LogP contribution in [0.3, 0.4) is 0 Å². The molecule has 1 aliphatic rings. The maximum absolute atomic E-state index is 12.1. The summed E-state index contributed by atoms with van der Waals surface area (Å²) in [5.41, 5.74) is 0.813. The molecule has 1 aromatic carbocycles. The number of amides is 2. The number of halogens is 1. The number of nitro benzene ring substituents is 1. The Morgan fingerprint density at radius 3 is 2.63 bits per heavy atom. The Bertz CT molecular complexity index is 1100. The first-order valence-electron chi connectivity index (χ1n) is 7.54. The van der Waals surface area contributed by atoms with Crippen LogP contribution in [0.2, 0.25) is 0 Å². The minimum absolute atomic E-state index is 0.0622. The number of non-ortho nitro benzene ring substituents is 1. The fourth-order valence-corrected chi connectivity index (χ4v) is 3.11. The zero-order chi connectivity index (χ0) is 19.7. The molecule has 2 amide bonds. The Balaban J connectivity index is 2.00. The van der Waals surface area contributed by atoms with Crippen molar-refractivity contribution in [3.8, 4) is 17.4 Å². The lowest BCUT2D eigenvalue weighted by Crippen LogP contribution is -2.37. The van der Waals surface area contributed by atoms with Crippen molar-refractivity contribution in [1.82, 2.24) is 5.32 Å². The number of nitrogens with one attached hydrogen (secondary N) is 1. The maximum atomic E-state index is 12.1. The number of nitrogens with zero attached hydrogens (tertiary/aromatic N) is 2. The van der Waals surface area contributed by atoms with E-state index in [1.807, 2.05) is 0 Å². The van der Waals surface area contributed by atoms with Crippen molar-refractivity contribution >= 4 is 39.5 Å². The molecule has 8 nitrogen and oxygen atoms in total. The minimum atomic E-state index is -0.730. The molecule has 2 aromatic rings. The summed E-state index contributed by atoms with van der Waals surface area (Å²) in [6.45, 7) is 1.51. The number of rotatable bonds is 3. The van der Waals surface area contributed by atoms with Crippen LogP contribution in [0, 0.1) is 21.4 Å². The van der Waals surface area contributed by atoms with Gasteiger partial charge in [-0.3, -0.25) is 25.0 Å². The van der Waals surface area contributed by atoms with E-state index < -0.39 is 16.7 Å². The Kier molecular flexibility index (Phi) is 4.75. The van der Waals surface area contributed by atoms with Crippen molar-refractivity contribution in [2.75, 3.05) is 0 Å². The highest BCUT2D eigenvalue weighted by Gasteiger charge is 2.27. The molecule has 0 spiro atoms. The second-order valence-electron chi connectivity index (χ2n) is 5.58. The molecule has 0 bridgehead atoms. The molecular formula is C18H10BrN3O5. The minimum Gasteiger partial charge on any atom is -0.457 e. The van der Waals surface area contributed by atoms with Crippen LogP contribution in [0.15, 0.2) is 55.9 Å². The number of hydrogen-bond donors (Lipinski definition) is 1. The van der Waals surface area contributed by atoms with E-state index in [4.69, 9.17) is 9.68 Å². The van der Waals surface area contributed by atoms with Crippen molar-refractivity contribution in [2.45, 2.75) is 6.92 Å². The zero-order valence-electron chi connectivity index (χ0n) is 13.8. The third-order valence-electron chi connectivity index (χ3n) is 3.93. The van der Waals surface area contributed by atoms with Gasteiger partial charge in [-0.25, -0.2) is 0 Å². The second-order valence-corrected chi connectivity index (χ2v) is 6.43. The van der Waals surface area contributed by atoms with Gasteiger partial charge in [0.05, 0.1) is 4.92 Å². The van der Waals surface area contributed by atoms with Crippen molar-refractivity contribution in [1.29, 1.82) is 5.26 Å². The van der Waals surface area contributed by atoms with Crippen LogP contribution >= 0.6 is 15.9 Å². The molecule has 1 aromatic heterocycles. The number of imide groups is 1. The Morgan fingerprint density at radius 1 is 1.26 bits per heavy atom. The van der Waals surface area contributed by atoms with Crippen molar-refractivity contribution in [2.24, 2.45) is 0 Å². The SMILES string of the molecule is CC1=C(C#N)C(=O)NC(=O)/C1=C\c1ccc(-c2ccc([N+](=O)[O-])cc2Br)o1. The first kappa shape index (κ1) is 18.3. The third kappa shape index (κ3) is 3.43. The molecule has 3 rings (SSSR count). The van der Waals surface area contributed by atoms with Crippen LogP contribution < -0.4 is 5.32 Å². The van der Waals surface area contributed by atoms with E-state index >= 15 is 0 Å². The van der Waals surface area contributed by atoms with Gasteiger partial charge in [0.25, 0.3) is 17.5 Å². The van der Waals surface area contributed by atoms with E-state index in [9.17, 15) is 19.7 Å². The largest absolute Gasteiger partial charge is 0.457 e. The fourth-order valence-electron chi connectivity index (χ4n) is 2.55.